The Bertz CT molecular complexity index is 841. The number of carbonyl (C=O) groups excluding carboxylic acids is 1. The van der Waals surface area contributed by atoms with Gasteiger partial charge in [-0.25, -0.2) is 13.6 Å². The number of hydrogen-bond acceptors (Lipinski definition) is 4. The van der Waals surface area contributed by atoms with E-state index in [1.165, 1.54) is 6.26 Å². The number of hydrogen-bond donors (Lipinski definition) is 1. The molecule has 0 radical (unpaired) electrons. The number of carbonyl (C=O) groups is 1. The number of furan rings is 1. The average molecular weight is 336 g/mol. The molecule has 23 heavy (non-hydrogen) atoms. The molecule has 3 rings (SSSR count). The summed E-state index contributed by atoms with van der Waals surface area (Å²) in [5, 5.41) is 5.90. The first-order valence-electron chi connectivity index (χ1n) is 7.67. The van der Waals surface area contributed by atoms with Crippen molar-refractivity contribution in [2.45, 2.75) is 19.8 Å². The molecule has 7 heteroatoms. The van der Waals surface area contributed by atoms with Gasteiger partial charge >= 0.3 is 0 Å². The highest BCUT2D eigenvalue weighted by atomic mass is 32.2. The third-order valence-electron chi connectivity index (χ3n) is 4.32. The molecule has 2 N–H and O–H groups in total. The molecule has 0 spiro atoms. The van der Waals surface area contributed by atoms with Crippen molar-refractivity contribution in [1.82, 2.24) is 4.90 Å². The number of rotatable bonds is 4. The summed E-state index contributed by atoms with van der Waals surface area (Å²) in [5.41, 5.74) is 2.36. The molecule has 2 heterocycles. The lowest BCUT2D eigenvalue weighted by molar-refractivity contribution is 0.0789. The molecule has 1 aromatic carbocycles. The van der Waals surface area contributed by atoms with Gasteiger partial charge in [0.2, 0.25) is 10.0 Å². The molecule has 1 atom stereocenters. The van der Waals surface area contributed by atoms with Crippen LogP contribution in [0.4, 0.5) is 0 Å². The van der Waals surface area contributed by atoms with Crippen molar-refractivity contribution < 1.29 is 17.6 Å². The highest BCUT2D eigenvalue weighted by Gasteiger charge is 2.30. The van der Waals surface area contributed by atoms with Gasteiger partial charge < -0.3 is 9.32 Å². The monoisotopic (exact) mass is 336 g/mol. The first-order chi connectivity index (χ1) is 10.9. The van der Waals surface area contributed by atoms with Gasteiger partial charge in [-0.15, -0.1) is 0 Å². The number of primary sulfonamides is 1. The van der Waals surface area contributed by atoms with E-state index in [0.29, 0.717) is 30.7 Å². The lowest BCUT2D eigenvalue weighted by atomic mass is 10.1. The predicted molar refractivity (Wildman–Crippen MR) is 87.6 cm³/mol. The van der Waals surface area contributed by atoms with Gasteiger partial charge in [0.15, 0.2) is 0 Å². The third kappa shape index (κ3) is 3.40. The van der Waals surface area contributed by atoms with Crippen LogP contribution in [0.15, 0.2) is 28.9 Å². The van der Waals surface area contributed by atoms with Gasteiger partial charge in [0.05, 0.1) is 11.3 Å². The van der Waals surface area contributed by atoms with Crippen molar-refractivity contribution >= 4 is 26.9 Å². The molecule has 0 bridgehead atoms. The molecular formula is C16H20N2O4S. The van der Waals surface area contributed by atoms with Crippen molar-refractivity contribution in [3.8, 4) is 0 Å². The van der Waals surface area contributed by atoms with E-state index in [0.717, 1.165) is 17.4 Å². The van der Waals surface area contributed by atoms with Gasteiger partial charge in [-0.1, -0.05) is 13.0 Å². The number of nitrogens with two attached hydrogens (primary N) is 1. The first-order valence-corrected chi connectivity index (χ1v) is 9.39. The molecule has 124 valence electrons. The van der Waals surface area contributed by atoms with Gasteiger partial charge in [0.25, 0.3) is 5.91 Å². The highest BCUT2D eigenvalue weighted by Crippen LogP contribution is 2.26. The standard InChI is InChI=1S/C16H20N2O4S/c1-2-11-3-4-15-13(7-11)14(9-22-15)16(19)18-6-5-12(8-18)10-23(17,20)21/h3-4,7,9,12H,2,5-6,8,10H2,1H3,(H2,17,20,21). The normalized spacial score (nSPS) is 18.7. The fourth-order valence-electron chi connectivity index (χ4n) is 3.11. The van der Waals surface area contributed by atoms with Gasteiger partial charge in [0, 0.05) is 18.5 Å². The molecule has 1 aliphatic rings. The number of likely N-dealkylation sites (tertiary alicyclic amines) is 1. The van der Waals surface area contributed by atoms with E-state index in [2.05, 4.69) is 6.92 Å². The maximum Gasteiger partial charge on any atom is 0.257 e. The van der Waals surface area contributed by atoms with Crippen LogP contribution in [0.1, 0.15) is 29.3 Å². The van der Waals surface area contributed by atoms with E-state index >= 15 is 0 Å². The van der Waals surface area contributed by atoms with Crippen LogP contribution in [0, 0.1) is 5.92 Å². The van der Waals surface area contributed by atoms with E-state index in [1.807, 2.05) is 18.2 Å². The summed E-state index contributed by atoms with van der Waals surface area (Å²) in [6, 6.07) is 5.83. The first kappa shape index (κ1) is 16.0. The SMILES string of the molecule is CCc1ccc2occ(C(=O)N3CCC(CS(N)(=O)=O)C3)c2c1. The molecule has 0 aliphatic carbocycles. The second kappa shape index (κ2) is 5.98. The largest absolute Gasteiger partial charge is 0.463 e. The quantitative estimate of drug-likeness (QED) is 0.920. The van der Waals surface area contributed by atoms with Crippen LogP contribution in [0.25, 0.3) is 11.0 Å². The molecule has 1 aromatic heterocycles. The Balaban J connectivity index is 1.81. The summed E-state index contributed by atoms with van der Waals surface area (Å²) >= 11 is 0. The van der Waals surface area contributed by atoms with Crippen LogP contribution in [0.5, 0.6) is 0 Å². The highest BCUT2D eigenvalue weighted by molar-refractivity contribution is 7.89. The summed E-state index contributed by atoms with van der Waals surface area (Å²) in [6.07, 6.45) is 3.02. The van der Waals surface area contributed by atoms with Crippen LogP contribution in [0.2, 0.25) is 0 Å². The Morgan fingerprint density at radius 2 is 2.22 bits per heavy atom. The summed E-state index contributed by atoms with van der Waals surface area (Å²) in [5.74, 6) is -0.296. The molecule has 1 amide bonds. The molecular weight excluding hydrogens is 316 g/mol. The minimum Gasteiger partial charge on any atom is -0.463 e. The lowest BCUT2D eigenvalue weighted by Gasteiger charge is -2.15. The Morgan fingerprint density at radius 3 is 2.91 bits per heavy atom. The van der Waals surface area contributed by atoms with Crippen LogP contribution >= 0.6 is 0 Å². The smallest absolute Gasteiger partial charge is 0.257 e. The number of fused-ring (bicyclic) bond motifs is 1. The molecule has 1 saturated heterocycles. The average Bonchev–Trinajstić information content (AvgIpc) is 3.10. The molecule has 2 aromatic rings. The fraction of sp³-hybridized carbons (Fsp3) is 0.438. The lowest BCUT2D eigenvalue weighted by Crippen LogP contribution is -2.30. The van der Waals surface area contributed by atoms with Crippen LogP contribution in [0.3, 0.4) is 0 Å². The Labute approximate surface area is 135 Å². The van der Waals surface area contributed by atoms with Gasteiger partial charge in [-0.2, -0.15) is 0 Å². The maximum atomic E-state index is 12.7. The number of sulfonamides is 1. The minimum absolute atomic E-state index is 0.0805. The van der Waals surface area contributed by atoms with Crippen molar-refractivity contribution in [3.05, 3.63) is 35.6 Å². The maximum absolute atomic E-state index is 12.7. The van der Waals surface area contributed by atoms with Gasteiger partial charge in [-0.05, 0) is 36.5 Å². The number of aryl methyl sites for hydroxylation is 1. The van der Waals surface area contributed by atoms with Crippen LogP contribution < -0.4 is 5.14 Å². The second-order valence-corrected chi connectivity index (χ2v) is 7.73. The number of benzene rings is 1. The Morgan fingerprint density at radius 1 is 1.43 bits per heavy atom. The van der Waals surface area contributed by atoms with Crippen molar-refractivity contribution in [3.63, 3.8) is 0 Å². The second-order valence-electron chi connectivity index (χ2n) is 6.07. The number of amides is 1. The van der Waals surface area contributed by atoms with E-state index in [1.54, 1.807) is 4.90 Å². The van der Waals surface area contributed by atoms with E-state index in [9.17, 15) is 13.2 Å². The molecule has 1 aliphatic heterocycles. The number of nitrogens with zero attached hydrogens (tertiary/aromatic N) is 1. The molecule has 6 nitrogen and oxygen atoms in total. The Kier molecular flexibility index (Phi) is 4.16. The van der Waals surface area contributed by atoms with Crippen molar-refractivity contribution in [1.29, 1.82) is 0 Å². The van der Waals surface area contributed by atoms with Crippen molar-refractivity contribution in [2.24, 2.45) is 11.1 Å². The zero-order valence-corrected chi connectivity index (χ0v) is 13.8. The van der Waals surface area contributed by atoms with Gasteiger partial charge in [0.1, 0.15) is 11.8 Å². The molecule has 1 unspecified atom stereocenters. The predicted octanol–water partition coefficient (Wildman–Crippen LogP) is 1.75. The van der Waals surface area contributed by atoms with Crippen LogP contribution in [-0.2, 0) is 16.4 Å². The van der Waals surface area contributed by atoms with E-state index in [4.69, 9.17) is 9.56 Å². The molecule has 1 fully saturated rings. The zero-order valence-electron chi connectivity index (χ0n) is 13.0. The summed E-state index contributed by atoms with van der Waals surface area (Å²) in [4.78, 5) is 14.4. The topological polar surface area (TPSA) is 93.6 Å². The summed E-state index contributed by atoms with van der Waals surface area (Å²) in [7, 11) is -3.51. The zero-order chi connectivity index (χ0) is 16.6. The molecule has 0 saturated carbocycles. The van der Waals surface area contributed by atoms with Crippen LogP contribution in [-0.4, -0.2) is 38.1 Å². The fourth-order valence-corrected chi connectivity index (χ4v) is 4.04. The Hall–Kier alpha value is -1.86. The van der Waals surface area contributed by atoms with Crippen molar-refractivity contribution in [2.75, 3.05) is 18.8 Å². The van der Waals surface area contributed by atoms with E-state index in [-0.39, 0.29) is 17.6 Å². The third-order valence-corrected chi connectivity index (χ3v) is 5.25. The van der Waals surface area contributed by atoms with Gasteiger partial charge in [-0.3, -0.25) is 4.79 Å². The van der Waals surface area contributed by atoms with E-state index < -0.39 is 10.0 Å². The summed E-state index contributed by atoms with van der Waals surface area (Å²) in [6.45, 7) is 3.01. The summed E-state index contributed by atoms with van der Waals surface area (Å²) < 4.78 is 27.9. The minimum atomic E-state index is -3.51.